The maximum Gasteiger partial charge on any atom is 0.187 e. The minimum absolute atomic E-state index is 0.171. The molecule has 3 rings (SSSR count). The molecule has 2 aliphatic rings. The molecule has 0 fully saturated rings. The summed E-state index contributed by atoms with van der Waals surface area (Å²) in [4.78, 5) is 13.5. The van der Waals surface area contributed by atoms with Crippen LogP contribution in [0.1, 0.15) is 39.1 Å². The van der Waals surface area contributed by atoms with Gasteiger partial charge in [-0.3, -0.25) is 9.98 Å². The van der Waals surface area contributed by atoms with Crippen LogP contribution in [0.4, 0.5) is 0 Å². The number of nitrogens with zero attached hydrogens (tertiary/aromatic N) is 3. The third-order valence-corrected chi connectivity index (χ3v) is 4.62. The summed E-state index contributed by atoms with van der Waals surface area (Å²) in [5.41, 5.74) is 0.277. The van der Waals surface area contributed by atoms with E-state index in [1.165, 1.54) is 0 Å². The second kappa shape index (κ2) is 6.23. The average Bonchev–Trinajstić information content (AvgIpc) is 2.62. The van der Waals surface area contributed by atoms with E-state index in [2.05, 4.69) is 37.7 Å². The van der Waals surface area contributed by atoms with E-state index in [0.29, 0.717) is 0 Å². The van der Waals surface area contributed by atoms with Gasteiger partial charge in [-0.15, -0.1) is 0 Å². The summed E-state index contributed by atoms with van der Waals surface area (Å²) in [5.74, 6) is 0.342. The third-order valence-electron chi connectivity index (χ3n) is 4.62. The summed E-state index contributed by atoms with van der Waals surface area (Å²) in [6.45, 7) is 8.39. The maximum atomic E-state index is 5.97. The Morgan fingerprint density at radius 1 is 0.792 bits per heavy atom. The number of aliphatic imine (C=N–C) groups is 2. The zero-order valence-corrected chi connectivity index (χ0v) is 14.5. The molecule has 0 saturated heterocycles. The van der Waals surface area contributed by atoms with Gasteiger partial charge in [-0.1, -0.05) is 33.8 Å². The second-order valence-electron chi connectivity index (χ2n) is 6.67. The largest absolute Gasteiger partial charge is 0.481 e. The van der Waals surface area contributed by atoms with Crippen molar-refractivity contribution < 1.29 is 9.47 Å². The van der Waals surface area contributed by atoms with E-state index in [9.17, 15) is 0 Å². The van der Waals surface area contributed by atoms with E-state index in [0.717, 1.165) is 11.4 Å². The van der Waals surface area contributed by atoms with Gasteiger partial charge in [0.05, 0.1) is 36.2 Å². The number of pyridine rings is 1. The predicted molar refractivity (Wildman–Crippen MR) is 94.7 cm³/mol. The van der Waals surface area contributed by atoms with E-state index >= 15 is 0 Å². The van der Waals surface area contributed by atoms with Crippen molar-refractivity contribution in [1.29, 1.82) is 0 Å². The lowest BCUT2D eigenvalue weighted by atomic mass is 9.84. The number of hydrogen-bond donors (Lipinski definition) is 0. The fraction of sp³-hybridized carbons (Fsp3) is 0.421. The Bertz CT molecular complexity index is 664. The fourth-order valence-electron chi connectivity index (χ4n) is 3.01. The molecule has 126 valence electrons. The molecule has 2 aliphatic heterocycles. The van der Waals surface area contributed by atoms with Crippen LogP contribution in [0.5, 0.6) is 0 Å². The first kappa shape index (κ1) is 16.4. The predicted octanol–water partition coefficient (Wildman–Crippen LogP) is 3.93. The highest BCUT2D eigenvalue weighted by atomic mass is 16.5. The normalized spacial score (nSPS) is 28.2. The molecular formula is C19H23N3O2. The molecule has 0 aliphatic carbocycles. The van der Waals surface area contributed by atoms with Crippen LogP contribution >= 0.6 is 0 Å². The van der Waals surface area contributed by atoms with Gasteiger partial charge in [0.15, 0.2) is 11.2 Å². The molecule has 1 aromatic rings. The van der Waals surface area contributed by atoms with Crippen LogP contribution in [0.15, 0.2) is 53.1 Å². The molecule has 0 amide bonds. The van der Waals surface area contributed by atoms with Crippen LogP contribution in [0, 0.1) is 11.8 Å². The second-order valence-corrected chi connectivity index (χ2v) is 6.67. The van der Waals surface area contributed by atoms with E-state index in [1.807, 2.05) is 30.6 Å². The van der Waals surface area contributed by atoms with Crippen molar-refractivity contribution >= 4 is 12.4 Å². The molecule has 5 heteroatoms. The summed E-state index contributed by atoms with van der Waals surface area (Å²) in [6, 6.07) is 5.92. The summed E-state index contributed by atoms with van der Waals surface area (Å²) in [6.07, 6.45) is 10.2. The first-order valence-electron chi connectivity index (χ1n) is 8.23. The molecule has 3 heterocycles. The Labute approximate surface area is 142 Å². The van der Waals surface area contributed by atoms with Gasteiger partial charge in [-0.25, -0.2) is 4.98 Å². The molecule has 2 unspecified atom stereocenters. The Kier molecular flexibility index (Phi) is 4.26. The zero-order chi connectivity index (χ0) is 17.2. The van der Waals surface area contributed by atoms with Crippen molar-refractivity contribution in [2.45, 2.75) is 38.9 Å². The molecule has 0 N–H and O–H groups in total. The fourth-order valence-corrected chi connectivity index (χ4v) is 3.01. The zero-order valence-electron chi connectivity index (χ0n) is 14.5. The van der Waals surface area contributed by atoms with E-state index in [-0.39, 0.29) is 11.8 Å². The molecular weight excluding hydrogens is 302 g/mol. The van der Waals surface area contributed by atoms with Crippen molar-refractivity contribution in [1.82, 2.24) is 4.98 Å². The monoisotopic (exact) mass is 325 g/mol. The summed E-state index contributed by atoms with van der Waals surface area (Å²) in [5, 5.41) is 0. The molecule has 0 spiro atoms. The van der Waals surface area contributed by atoms with Gasteiger partial charge >= 0.3 is 0 Å². The highest BCUT2D eigenvalue weighted by molar-refractivity contribution is 5.74. The van der Waals surface area contributed by atoms with Crippen molar-refractivity contribution in [2.24, 2.45) is 21.8 Å². The number of aromatic nitrogens is 1. The molecule has 24 heavy (non-hydrogen) atoms. The van der Waals surface area contributed by atoms with Crippen molar-refractivity contribution in [3.05, 3.63) is 54.5 Å². The van der Waals surface area contributed by atoms with Gasteiger partial charge in [-0.05, 0) is 12.1 Å². The first-order valence-corrected chi connectivity index (χ1v) is 8.23. The van der Waals surface area contributed by atoms with Gasteiger partial charge in [0.1, 0.15) is 12.5 Å². The minimum Gasteiger partial charge on any atom is -0.481 e. The van der Waals surface area contributed by atoms with Crippen LogP contribution in [-0.2, 0) is 20.7 Å². The maximum absolute atomic E-state index is 5.97. The van der Waals surface area contributed by atoms with Crippen molar-refractivity contribution in [3.8, 4) is 0 Å². The molecule has 1 aromatic heterocycles. The van der Waals surface area contributed by atoms with Crippen LogP contribution in [0.25, 0.3) is 0 Å². The van der Waals surface area contributed by atoms with Gasteiger partial charge in [-0.2, -0.15) is 0 Å². The van der Waals surface area contributed by atoms with Gasteiger partial charge in [0.25, 0.3) is 0 Å². The van der Waals surface area contributed by atoms with Crippen LogP contribution in [0.2, 0.25) is 0 Å². The Morgan fingerprint density at radius 2 is 1.25 bits per heavy atom. The van der Waals surface area contributed by atoms with Gasteiger partial charge < -0.3 is 9.47 Å². The molecule has 2 atom stereocenters. The number of hydrogen-bond acceptors (Lipinski definition) is 5. The van der Waals surface area contributed by atoms with E-state index in [4.69, 9.17) is 14.5 Å². The summed E-state index contributed by atoms with van der Waals surface area (Å²) < 4.78 is 11.9. The summed E-state index contributed by atoms with van der Waals surface area (Å²) in [7, 11) is 0. The Balaban J connectivity index is 2.09. The standard InChI is InChI=1S/C19H23N3O2/c1-14(2)18(12-20-8-10-23-18)16-6-5-7-17(22-16)19(15(3)4)13-21-9-11-24-19/h5-15H,1-4H3. The average molecular weight is 325 g/mol. The van der Waals surface area contributed by atoms with E-state index in [1.54, 1.807) is 24.9 Å². The minimum atomic E-state index is -0.676. The van der Waals surface area contributed by atoms with E-state index < -0.39 is 11.2 Å². The van der Waals surface area contributed by atoms with Crippen molar-refractivity contribution in [3.63, 3.8) is 0 Å². The van der Waals surface area contributed by atoms with Gasteiger partial charge in [0, 0.05) is 11.8 Å². The smallest absolute Gasteiger partial charge is 0.187 e. The Hall–Kier alpha value is -2.43. The van der Waals surface area contributed by atoms with Gasteiger partial charge in [0.2, 0.25) is 0 Å². The Morgan fingerprint density at radius 3 is 1.58 bits per heavy atom. The third kappa shape index (κ3) is 2.54. The lowest BCUT2D eigenvalue weighted by Crippen LogP contribution is -2.41. The molecule has 0 radical (unpaired) electrons. The van der Waals surface area contributed by atoms with Crippen LogP contribution in [0.3, 0.4) is 0 Å². The number of ether oxygens (including phenoxy) is 2. The highest BCUT2D eigenvalue weighted by Crippen LogP contribution is 2.37. The lowest BCUT2D eigenvalue weighted by Gasteiger charge is -2.37. The topological polar surface area (TPSA) is 56.1 Å². The molecule has 0 bridgehead atoms. The molecule has 0 saturated carbocycles. The first-order chi connectivity index (χ1) is 11.5. The molecule has 5 nitrogen and oxygen atoms in total. The molecule has 0 aromatic carbocycles. The highest BCUT2D eigenvalue weighted by Gasteiger charge is 2.42. The SMILES string of the molecule is CC(C)C1(c2cccc(C3(C(C)C)C=NC=CO3)n2)C=NC=CO1. The quantitative estimate of drug-likeness (QED) is 0.843. The summed E-state index contributed by atoms with van der Waals surface area (Å²) >= 11 is 0. The lowest BCUT2D eigenvalue weighted by molar-refractivity contribution is 0.0284. The number of rotatable bonds is 4. The van der Waals surface area contributed by atoms with Crippen LogP contribution in [-0.4, -0.2) is 17.4 Å². The van der Waals surface area contributed by atoms with Crippen molar-refractivity contribution in [2.75, 3.05) is 0 Å². The van der Waals surface area contributed by atoms with Crippen LogP contribution < -0.4 is 0 Å².